The maximum absolute atomic E-state index is 14.6. The third kappa shape index (κ3) is 1.92. The highest BCUT2D eigenvalue weighted by molar-refractivity contribution is 6.23. The zero-order valence-electron chi connectivity index (χ0n) is 16.1. The van der Waals surface area contributed by atoms with E-state index in [4.69, 9.17) is 0 Å². The van der Waals surface area contributed by atoms with Crippen LogP contribution in [0.4, 0.5) is 10.1 Å². The van der Waals surface area contributed by atoms with E-state index in [-0.39, 0.29) is 5.69 Å². The lowest BCUT2D eigenvalue weighted by Crippen LogP contribution is -2.57. The summed E-state index contributed by atoms with van der Waals surface area (Å²) in [5, 5.41) is 12.8. The van der Waals surface area contributed by atoms with E-state index in [1.807, 2.05) is 0 Å². The topological polar surface area (TPSA) is 80.5 Å². The molecule has 31 heavy (non-hydrogen) atoms. The van der Waals surface area contributed by atoms with Gasteiger partial charge in [-0.05, 0) is 23.3 Å². The van der Waals surface area contributed by atoms with Crippen LogP contribution in [0.5, 0.6) is 0 Å². The van der Waals surface area contributed by atoms with Gasteiger partial charge in [-0.1, -0.05) is 60.7 Å². The van der Waals surface area contributed by atoms with Gasteiger partial charge in [-0.2, -0.15) is 0 Å². The number of para-hydroxylation sites is 1. The van der Waals surface area contributed by atoms with E-state index in [1.54, 1.807) is 48.5 Å². The highest BCUT2D eigenvalue weighted by Crippen LogP contribution is 2.64. The van der Waals surface area contributed by atoms with Crippen molar-refractivity contribution in [3.05, 3.63) is 111 Å². The monoisotopic (exact) mass is 414 g/mol. The SMILES string of the molecule is O=C1C2C3c4ccccc4C([N+](=O)[O-])(c4ccccc43)C2C(=O)N1c1ccccc1F. The van der Waals surface area contributed by atoms with Gasteiger partial charge >= 0.3 is 0 Å². The van der Waals surface area contributed by atoms with Crippen LogP contribution in [0.25, 0.3) is 0 Å². The van der Waals surface area contributed by atoms with E-state index in [0.29, 0.717) is 22.3 Å². The second kappa shape index (κ2) is 5.85. The minimum absolute atomic E-state index is 0.169. The molecular formula is C24H15FN2O4. The van der Waals surface area contributed by atoms with Gasteiger partial charge in [0.2, 0.25) is 11.8 Å². The Balaban J connectivity index is 1.69. The molecule has 2 atom stereocenters. The first-order valence-electron chi connectivity index (χ1n) is 9.95. The summed E-state index contributed by atoms with van der Waals surface area (Å²) in [7, 11) is 0. The minimum atomic E-state index is -1.90. The van der Waals surface area contributed by atoms with Crippen molar-refractivity contribution in [2.24, 2.45) is 11.8 Å². The first-order chi connectivity index (χ1) is 15.0. The fourth-order valence-corrected chi connectivity index (χ4v) is 5.91. The molecule has 3 aliphatic carbocycles. The predicted molar refractivity (Wildman–Crippen MR) is 108 cm³/mol. The number of hydrogen-bond donors (Lipinski definition) is 0. The van der Waals surface area contributed by atoms with Crippen LogP contribution < -0.4 is 4.90 Å². The van der Waals surface area contributed by atoms with Gasteiger partial charge in [-0.15, -0.1) is 0 Å². The molecule has 152 valence electrons. The molecule has 2 unspecified atom stereocenters. The molecule has 7 rings (SSSR count). The number of nitro groups is 1. The minimum Gasteiger partial charge on any atom is -0.274 e. The van der Waals surface area contributed by atoms with E-state index >= 15 is 0 Å². The fraction of sp³-hybridized carbons (Fsp3) is 0.167. The molecule has 3 aromatic rings. The lowest BCUT2D eigenvalue weighted by molar-refractivity contribution is -0.578. The molecule has 2 bridgehead atoms. The van der Waals surface area contributed by atoms with E-state index in [9.17, 15) is 24.1 Å². The lowest BCUT2D eigenvalue weighted by Gasteiger charge is -2.48. The van der Waals surface area contributed by atoms with Gasteiger partial charge in [0.25, 0.3) is 5.54 Å². The Morgan fingerprint density at radius 3 is 1.97 bits per heavy atom. The summed E-state index contributed by atoms with van der Waals surface area (Å²) in [6.45, 7) is 0. The highest BCUT2D eigenvalue weighted by Gasteiger charge is 2.74. The second-order valence-corrected chi connectivity index (χ2v) is 8.14. The number of carbonyl (C=O) groups excluding carboxylic acids is 2. The quantitative estimate of drug-likeness (QED) is 0.365. The van der Waals surface area contributed by atoms with Crippen LogP contribution in [0.15, 0.2) is 72.8 Å². The molecular weight excluding hydrogens is 399 g/mol. The van der Waals surface area contributed by atoms with Gasteiger partial charge in [-0.25, -0.2) is 9.29 Å². The molecule has 0 radical (unpaired) electrons. The largest absolute Gasteiger partial charge is 0.285 e. The molecule has 6 nitrogen and oxygen atoms in total. The molecule has 4 aliphatic rings. The summed E-state index contributed by atoms with van der Waals surface area (Å²) in [5.74, 6) is -4.77. The first-order valence-corrected chi connectivity index (χ1v) is 9.95. The van der Waals surface area contributed by atoms with Crippen molar-refractivity contribution in [2.75, 3.05) is 4.90 Å². The number of amides is 2. The van der Waals surface area contributed by atoms with Crippen LogP contribution in [-0.4, -0.2) is 16.7 Å². The number of rotatable bonds is 2. The van der Waals surface area contributed by atoms with Crippen molar-refractivity contribution in [1.82, 2.24) is 0 Å². The second-order valence-electron chi connectivity index (χ2n) is 8.14. The van der Waals surface area contributed by atoms with Crippen LogP contribution in [0, 0.1) is 27.8 Å². The van der Waals surface area contributed by atoms with Crippen molar-refractivity contribution in [3.8, 4) is 0 Å². The number of halogens is 1. The molecule has 3 aromatic carbocycles. The molecule has 7 heteroatoms. The Labute approximate surface area is 176 Å². The molecule has 0 aromatic heterocycles. The normalized spacial score (nSPS) is 27.6. The number of hydrogen-bond acceptors (Lipinski definition) is 4. The van der Waals surface area contributed by atoms with Crippen LogP contribution in [0.3, 0.4) is 0 Å². The molecule has 1 saturated heterocycles. The molecule has 0 spiro atoms. The molecule has 0 saturated carbocycles. The Kier molecular flexibility index (Phi) is 3.38. The Morgan fingerprint density at radius 1 is 0.839 bits per heavy atom. The molecule has 1 fully saturated rings. The number of imide groups is 1. The molecule has 0 N–H and O–H groups in total. The summed E-state index contributed by atoms with van der Waals surface area (Å²) in [6, 6.07) is 19.4. The third-order valence-corrected chi connectivity index (χ3v) is 6.95. The first kappa shape index (κ1) is 17.9. The van der Waals surface area contributed by atoms with Gasteiger partial charge < -0.3 is 0 Å². The van der Waals surface area contributed by atoms with Crippen molar-refractivity contribution >= 4 is 17.5 Å². The van der Waals surface area contributed by atoms with Crippen molar-refractivity contribution in [2.45, 2.75) is 11.5 Å². The number of nitrogens with zero attached hydrogens (tertiary/aromatic N) is 2. The maximum atomic E-state index is 14.6. The summed E-state index contributed by atoms with van der Waals surface area (Å²) in [4.78, 5) is 40.4. The van der Waals surface area contributed by atoms with Crippen LogP contribution in [0.1, 0.15) is 28.2 Å². The summed E-state index contributed by atoms with van der Waals surface area (Å²) in [6.07, 6.45) is 0. The Hall–Kier alpha value is -3.87. The summed E-state index contributed by atoms with van der Waals surface area (Å²) in [5.41, 5.74) is 0.145. The average Bonchev–Trinajstić information content (AvgIpc) is 3.05. The fourth-order valence-electron chi connectivity index (χ4n) is 5.91. The van der Waals surface area contributed by atoms with E-state index in [2.05, 4.69) is 0 Å². The molecule has 2 amide bonds. The Bertz CT molecular complexity index is 1270. The smallest absolute Gasteiger partial charge is 0.274 e. The van der Waals surface area contributed by atoms with E-state index in [1.165, 1.54) is 24.3 Å². The zero-order chi connectivity index (χ0) is 21.5. The lowest BCUT2D eigenvalue weighted by atomic mass is 9.51. The number of benzene rings is 3. The van der Waals surface area contributed by atoms with Gasteiger partial charge in [0.05, 0.1) is 11.6 Å². The predicted octanol–water partition coefficient (Wildman–Crippen LogP) is 3.61. The highest BCUT2D eigenvalue weighted by atomic mass is 19.1. The van der Waals surface area contributed by atoms with Crippen LogP contribution >= 0.6 is 0 Å². The van der Waals surface area contributed by atoms with Crippen LogP contribution in [0.2, 0.25) is 0 Å². The zero-order valence-corrected chi connectivity index (χ0v) is 16.1. The standard InChI is InChI=1S/C24H15FN2O4/c25-17-11-5-6-12-18(17)26-22(28)20-19-13-7-1-3-9-15(13)24(27(30)31,21(20)23(26)29)16-10-4-2-8-14(16)19/h1-12,19-21H. The Morgan fingerprint density at radius 2 is 1.39 bits per heavy atom. The summed E-state index contributed by atoms with van der Waals surface area (Å²) >= 11 is 0. The van der Waals surface area contributed by atoms with E-state index in [0.717, 1.165) is 4.90 Å². The molecule has 1 aliphatic heterocycles. The van der Waals surface area contributed by atoms with E-state index < -0.39 is 45.8 Å². The van der Waals surface area contributed by atoms with Gasteiger partial charge in [0.15, 0.2) is 0 Å². The maximum Gasteiger partial charge on any atom is 0.285 e. The summed E-state index contributed by atoms with van der Waals surface area (Å²) < 4.78 is 14.6. The van der Waals surface area contributed by atoms with Gasteiger partial charge in [0, 0.05) is 22.0 Å². The van der Waals surface area contributed by atoms with Crippen LogP contribution in [-0.2, 0) is 15.1 Å². The van der Waals surface area contributed by atoms with Gasteiger partial charge in [-0.3, -0.25) is 19.7 Å². The average molecular weight is 414 g/mol. The van der Waals surface area contributed by atoms with Gasteiger partial charge in [0.1, 0.15) is 11.7 Å². The third-order valence-electron chi connectivity index (χ3n) is 6.95. The number of anilines is 1. The van der Waals surface area contributed by atoms with Crippen molar-refractivity contribution in [1.29, 1.82) is 0 Å². The van der Waals surface area contributed by atoms with Crippen molar-refractivity contribution in [3.63, 3.8) is 0 Å². The van der Waals surface area contributed by atoms with Crippen molar-refractivity contribution < 1.29 is 18.9 Å². The number of carbonyl (C=O) groups is 2. The molecule has 1 heterocycles.